The average molecular weight is 701 g/mol. The van der Waals surface area contributed by atoms with Gasteiger partial charge in [-0.05, 0) is 70.4 Å². The van der Waals surface area contributed by atoms with E-state index in [1.165, 1.54) is 11.1 Å². The lowest BCUT2D eigenvalue weighted by Gasteiger charge is -2.30. The maximum absolute atomic E-state index is 16.6. The van der Waals surface area contributed by atoms with E-state index in [0.29, 0.717) is 30.8 Å². The molecule has 3 aromatic carbocycles. The third-order valence-corrected chi connectivity index (χ3v) is 9.25. The molecule has 0 saturated carbocycles. The van der Waals surface area contributed by atoms with Crippen molar-refractivity contribution in [2.75, 3.05) is 36.8 Å². The number of amides is 3. The van der Waals surface area contributed by atoms with Gasteiger partial charge in [-0.25, -0.2) is 14.0 Å². The van der Waals surface area contributed by atoms with Crippen molar-refractivity contribution in [3.8, 4) is 17.2 Å². The number of carbonyl (C=O) groups excluding carboxylic acids is 3. The van der Waals surface area contributed by atoms with Crippen LogP contribution in [0.3, 0.4) is 0 Å². The molecule has 2 fully saturated rings. The number of nitrogens with one attached hydrogen (secondary N) is 2. The SMILES string of the molecule is CC(C)OC(=O)NC1CCN(c2c(F)c(N)c3c(=O)c(C(=O)N4CCC(NC(=O)OC(C)(C)C)C4)cn4c3c2Oc2cc3ccccc3cc2-4)C1. The molecule has 3 aliphatic heterocycles. The normalized spacial score (nSPS) is 18.2. The van der Waals surface area contributed by atoms with Crippen LogP contribution in [0.4, 0.5) is 25.4 Å². The largest absolute Gasteiger partial charge is 0.451 e. The Morgan fingerprint density at radius 2 is 1.67 bits per heavy atom. The molecule has 4 heterocycles. The van der Waals surface area contributed by atoms with Crippen LogP contribution in [-0.2, 0) is 9.47 Å². The Hall–Kier alpha value is -5.53. The number of rotatable bonds is 5. The van der Waals surface area contributed by atoms with E-state index < -0.39 is 40.6 Å². The van der Waals surface area contributed by atoms with Gasteiger partial charge in [-0.2, -0.15) is 0 Å². The van der Waals surface area contributed by atoms with Crippen LogP contribution in [0.5, 0.6) is 11.5 Å². The Bertz CT molecular complexity index is 2160. The fourth-order valence-corrected chi connectivity index (χ4v) is 7.05. The number of nitrogens with zero attached hydrogens (tertiary/aromatic N) is 3. The van der Waals surface area contributed by atoms with Gasteiger partial charge < -0.3 is 44.9 Å². The van der Waals surface area contributed by atoms with Gasteiger partial charge >= 0.3 is 12.2 Å². The van der Waals surface area contributed by atoms with Gasteiger partial charge in [0.25, 0.3) is 5.91 Å². The van der Waals surface area contributed by atoms with Crippen LogP contribution in [-0.4, -0.2) is 77.5 Å². The van der Waals surface area contributed by atoms with Crippen LogP contribution in [0.15, 0.2) is 47.4 Å². The minimum absolute atomic E-state index is 0.0585. The van der Waals surface area contributed by atoms with Crippen molar-refractivity contribution >= 4 is 51.1 Å². The smallest absolute Gasteiger partial charge is 0.407 e. The number of anilines is 2. The van der Waals surface area contributed by atoms with Crippen molar-refractivity contribution in [2.45, 2.75) is 71.2 Å². The first-order valence-electron chi connectivity index (χ1n) is 17.1. The second kappa shape index (κ2) is 12.7. The Balaban J connectivity index is 1.31. The van der Waals surface area contributed by atoms with Crippen molar-refractivity contribution in [3.05, 3.63) is 64.2 Å². The molecular formula is C37H41FN6O7. The number of benzene rings is 3. The number of hydrogen-bond donors (Lipinski definition) is 3. The molecule has 4 aromatic rings. The van der Waals surface area contributed by atoms with E-state index >= 15 is 4.39 Å². The molecule has 0 spiro atoms. The lowest BCUT2D eigenvalue weighted by molar-refractivity contribution is 0.0502. The number of alkyl carbamates (subject to hydrolysis) is 2. The summed E-state index contributed by atoms with van der Waals surface area (Å²) in [4.78, 5) is 56.3. The number of ether oxygens (including phenoxy) is 3. The van der Waals surface area contributed by atoms with Gasteiger partial charge in [-0.3, -0.25) is 9.59 Å². The summed E-state index contributed by atoms with van der Waals surface area (Å²) in [6, 6.07) is 10.7. The summed E-state index contributed by atoms with van der Waals surface area (Å²) in [5.74, 6) is -0.945. The van der Waals surface area contributed by atoms with Gasteiger partial charge in [-0.15, -0.1) is 0 Å². The zero-order valence-corrected chi connectivity index (χ0v) is 29.2. The first-order valence-corrected chi connectivity index (χ1v) is 17.1. The van der Waals surface area contributed by atoms with Crippen LogP contribution >= 0.6 is 0 Å². The Kier molecular flexibility index (Phi) is 8.43. The van der Waals surface area contributed by atoms with E-state index in [9.17, 15) is 19.2 Å². The summed E-state index contributed by atoms with van der Waals surface area (Å²) >= 11 is 0. The molecule has 0 aliphatic carbocycles. The molecule has 0 radical (unpaired) electrons. The first-order chi connectivity index (χ1) is 24.2. The summed E-state index contributed by atoms with van der Waals surface area (Å²) in [6.45, 7) is 9.83. The van der Waals surface area contributed by atoms with E-state index in [1.54, 1.807) is 44.1 Å². The molecule has 2 atom stereocenters. The predicted molar refractivity (Wildman–Crippen MR) is 191 cm³/mol. The van der Waals surface area contributed by atoms with Crippen molar-refractivity contribution in [1.29, 1.82) is 0 Å². The molecule has 0 bridgehead atoms. The van der Waals surface area contributed by atoms with Crippen LogP contribution in [0.25, 0.3) is 27.4 Å². The summed E-state index contributed by atoms with van der Waals surface area (Å²) in [5.41, 5.74) is 5.30. The average Bonchev–Trinajstić information content (AvgIpc) is 3.71. The lowest BCUT2D eigenvalue weighted by Crippen LogP contribution is -2.41. The molecule has 51 heavy (non-hydrogen) atoms. The number of aromatic nitrogens is 1. The molecule has 14 heteroatoms. The Morgan fingerprint density at radius 1 is 1.00 bits per heavy atom. The number of carbonyl (C=O) groups is 3. The molecule has 1 aromatic heterocycles. The van der Waals surface area contributed by atoms with E-state index in [-0.39, 0.29) is 65.7 Å². The van der Waals surface area contributed by atoms with E-state index in [1.807, 2.05) is 36.4 Å². The molecular weight excluding hydrogens is 659 g/mol. The monoisotopic (exact) mass is 700 g/mol. The number of halogens is 1. The zero-order chi connectivity index (χ0) is 36.4. The van der Waals surface area contributed by atoms with Gasteiger partial charge in [0, 0.05) is 32.4 Å². The summed E-state index contributed by atoms with van der Waals surface area (Å²) in [7, 11) is 0. The highest BCUT2D eigenvalue weighted by atomic mass is 19.1. The molecule has 3 amide bonds. The number of nitrogen functional groups attached to an aromatic ring is 1. The van der Waals surface area contributed by atoms with Crippen LogP contribution in [0, 0.1) is 5.82 Å². The maximum Gasteiger partial charge on any atom is 0.407 e. The molecule has 2 unspecified atom stereocenters. The zero-order valence-electron chi connectivity index (χ0n) is 29.2. The molecule has 13 nitrogen and oxygen atoms in total. The van der Waals surface area contributed by atoms with Gasteiger partial charge in [0.05, 0.1) is 34.9 Å². The Morgan fingerprint density at radius 3 is 2.37 bits per heavy atom. The van der Waals surface area contributed by atoms with E-state index in [4.69, 9.17) is 19.9 Å². The summed E-state index contributed by atoms with van der Waals surface area (Å²) < 4.78 is 35.4. The number of fused-ring (bicyclic) bond motifs is 3. The van der Waals surface area contributed by atoms with Gasteiger partial charge in [0.1, 0.15) is 22.4 Å². The highest BCUT2D eigenvalue weighted by molar-refractivity contribution is 6.06. The minimum Gasteiger partial charge on any atom is -0.451 e. The number of hydrogen-bond acceptors (Lipinski definition) is 9. The fourth-order valence-electron chi connectivity index (χ4n) is 7.05. The van der Waals surface area contributed by atoms with Crippen molar-refractivity contribution in [2.24, 2.45) is 0 Å². The molecule has 7 rings (SSSR count). The highest BCUT2D eigenvalue weighted by Gasteiger charge is 2.37. The molecule has 4 N–H and O–H groups in total. The fraction of sp³-hybridized carbons (Fsp3) is 0.405. The number of pyridine rings is 1. The minimum atomic E-state index is -0.858. The predicted octanol–water partition coefficient (Wildman–Crippen LogP) is 5.42. The quantitative estimate of drug-likeness (QED) is 0.204. The standard InChI is InChI=1S/C37H41FN6O7/c1-19(2)49-35(47)40-22-10-12-42(16-22)31-28(38)29(39)27-30-33(31)50-26-15-21-9-7-6-8-20(21)14-25(26)44(30)18-24(32(27)45)34(46)43-13-11-23(17-43)41-36(48)51-37(3,4)5/h6-9,14-15,18-19,22-23H,10-13,16-17,39H2,1-5H3,(H,40,47)(H,41,48). The second-order valence-corrected chi connectivity index (χ2v) is 14.6. The Labute approximate surface area is 293 Å². The van der Waals surface area contributed by atoms with E-state index in [2.05, 4.69) is 10.6 Å². The number of nitrogens with two attached hydrogens (primary N) is 1. The van der Waals surface area contributed by atoms with Crippen LogP contribution in [0.2, 0.25) is 0 Å². The maximum atomic E-state index is 16.6. The van der Waals surface area contributed by atoms with Crippen LogP contribution in [0.1, 0.15) is 57.8 Å². The van der Waals surface area contributed by atoms with Gasteiger partial charge in [0.2, 0.25) is 5.43 Å². The van der Waals surface area contributed by atoms with Crippen molar-refractivity contribution < 1.29 is 33.0 Å². The third kappa shape index (κ3) is 6.34. The van der Waals surface area contributed by atoms with Gasteiger partial charge in [-0.1, -0.05) is 24.3 Å². The summed E-state index contributed by atoms with van der Waals surface area (Å²) in [6.07, 6.45) is 0.973. The molecule has 268 valence electrons. The van der Waals surface area contributed by atoms with Gasteiger partial charge in [0.15, 0.2) is 17.3 Å². The van der Waals surface area contributed by atoms with Crippen molar-refractivity contribution in [1.82, 2.24) is 20.1 Å². The molecule has 2 saturated heterocycles. The third-order valence-electron chi connectivity index (χ3n) is 9.25. The van der Waals surface area contributed by atoms with Crippen molar-refractivity contribution in [3.63, 3.8) is 0 Å². The van der Waals surface area contributed by atoms with E-state index in [0.717, 1.165) is 10.8 Å². The topological polar surface area (TPSA) is 157 Å². The second-order valence-electron chi connectivity index (χ2n) is 14.6. The lowest BCUT2D eigenvalue weighted by atomic mass is 10.0. The highest BCUT2D eigenvalue weighted by Crippen LogP contribution is 2.50. The van der Waals surface area contributed by atoms with Crippen LogP contribution < -0.4 is 31.4 Å². The first kappa shape index (κ1) is 33.9. The molecule has 3 aliphatic rings. The number of likely N-dealkylation sites (tertiary alicyclic amines) is 1. The summed E-state index contributed by atoms with van der Waals surface area (Å²) in [5, 5.41) is 7.22.